The van der Waals surface area contributed by atoms with E-state index in [1.54, 1.807) is 29.4 Å². The first-order chi connectivity index (χ1) is 20.0. The summed E-state index contributed by atoms with van der Waals surface area (Å²) in [6.45, 7) is 0.656. The van der Waals surface area contributed by atoms with Gasteiger partial charge in [0, 0.05) is 55.8 Å². The topological polar surface area (TPSA) is 160 Å². The van der Waals surface area contributed by atoms with Crippen molar-refractivity contribution in [1.29, 1.82) is 0 Å². The van der Waals surface area contributed by atoms with Crippen LogP contribution in [0.25, 0.3) is 11.4 Å². The van der Waals surface area contributed by atoms with Gasteiger partial charge in [0.15, 0.2) is 15.7 Å². The molecule has 12 nitrogen and oxygen atoms in total. The van der Waals surface area contributed by atoms with Crippen LogP contribution in [0.3, 0.4) is 0 Å². The predicted octanol–water partition coefficient (Wildman–Crippen LogP) is 1.87. The van der Waals surface area contributed by atoms with Crippen molar-refractivity contribution < 1.29 is 32.0 Å². The van der Waals surface area contributed by atoms with Crippen LogP contribution < -0.4 is 10.2 Å². The first-order valence-electron chi connectivity index (χ1n) is 13.3. The van der Waals surface area contributed by atoms with Gasteiger partial charge in [-0.25, -0.2) is 22.8 Å². The zero-order chi connectivity index (χ0) is 29.8. The summed E-state index contributed by atoms with van der Waals surface area (Å²) in [6.07, 6.45) is 6.48. The maximum absolute atomic E-state index is 15.4. The van der Waals surface area contributed by atoms with Gasteiger partial charge in [0.1, 0.15) is 16.8 Å². The highest BCUT2D eigenvalue weighted by molar-refractivity contribution is 7.90. The number of imide groups is 2. The van der Waals surface area contributed by atoms with Crippen LogP contribution in [0.1, 0.15) is 58.0 Å². The molecule has 2 fully saturated rings. The number of pyridine rings is 1. The second-order valence-corrected chi connectivity index (χ2v) is 12.5. The Balaban J connectivity index is 1.25. The number of sulfone groups is 1. The summed E-state index contributed by atoms with van der Waals surface area (Å²) in [7, 11) is -3.63. The van der Waals surface area contributed by atoms with Crippen molar-refractivity contribution in [3.63, 3.8) is 0 Å². The fraction of sp³-hybridized carbons (Fsp3) is 0.321. The molecule has 3 aliphatic heterocycles. The quantitative estimate of drug-likeness (QED) is 0.433. The summed E-state index contributed by atoms with van der Waals surface area (Å²) in [5, 5.41) is 2.14. The largest absolute Gasteiger partial charge is 0.369 e. The lowest BCUT2D eigenvalue weighted by Gasteiger charge is -2.34. The Kier molecular flexibility index (Phi) is 6.80. The Morgan fingerprint density at radius 3 is 2.36 bits per heavy atom. The Morgan fingerprint density at radius 2 is 1.71 bits per heavy atom. The Morgan fingerprint density at radius 1 is 1.00 bits per heavy atom. The number of rotatable bonds is 5. The molecule has 1 atom stereocenters. The number of amides is 4. The van der Waals surface area contributed by atoms with E-state index in [0.717, 1.165) is 17.2 Å². The summed E-state index contributed by atoms with van der Waals surface area (Å²) in [6, 6.07) is 4.69. The summed E-state index contributed by atoms with van der Waals surface area (Å²) in [5.74, 6) is -3.33. The van der Waals surface area contributed by atoms with Gasteiger partial charge in [-0.1, -0.05) is 0 Å². The first-order valence-corrected chi connectivity index (χ1v) is 15.2. The van der Waals surface area contributed by atoms with Gasteiger partial charge in [0.2, 0.25) is 11.8 Å². The van der Waals surface area contributed by atoms with Gasteiger partial charge in [0.25, 0.3) is 11.8 Å². The van der Waals surface area contributed by atoms with Crippen LogP contribution in [0, 0.1) is 5.82 Å². The molecule has 6 rings (SSSR count). The lowest BCUT2D eigenvalue weighted by molar-refractivity contribution is -0.136. The van der Waals surface area contributed by atoms with E-state index in [1.165, 1.54) is 12.3 Å². The number of nitrogens with zero attached hydrogens (tertiary/aromatic N) is 5. The number of hydrogen-bond donors (Lipinski definition) is 1. The molecule has 14 heteroatoms. The van der Waals surface area contributed by atoms with Crippen LogP contribution in [0.2, 0.25) is 0 Å². The number of nitrogens with one attached hydrogen (secondary N) is 1. The van der Waals surface area contributed by atoms with Crippen LogP contribution >= 0.6 is 0 Å². The molecule has 3 aliphatic rings. The second-order valence-electron chi connectivity index (χ2n) is 10.5. The van der Waals surface area contributed by atoms with Crippen molar-refractivity contribution in [2.75, 3.05) is 24.2 Å². The fourth-order valence-corrected chi connectivity index (χ4v) is 6.55. The number of anilines is 1. The van der Waals surface area contributed by atoms with E-state index < -0.39 is 45.3 Å². The van der Waals surface area contributed by atoms with Gasteiger partial charge in [0.05, 0.1) is 22.5 Å². The minimum absolute atomic E-state index is 0.00000359. The Hall–Kier alpha value is -4.59. The molecule has 2 aromatic heterocycles. The number of halogens is 1. The van der Waals surface area contributed by atoms with Gasteiger partial charge in [-0.3, -0.25) is 34.4 Å². The van der Waals surface area contributed by atoms with E-state index >= 15 is 4.39 Å². The molecule has 1 aromatic carbocycles. The summed E-state index contributed by atoms with van der Waals surface area (Å²) in [5.41, 5.74) is 1.01. The highest BCUT2D eigenvalue weighted by Crippen LogP contribution is 2.37. The van der Waals surface area contributed by atoms with E-state index in [1.807, 2.05) is 0 Å². The lowest BCUT2D eigenvalue weighted by atomic mass is 9.92. The van der Waals surface area contributed by atoms with E-state index in [2.05, 4.69) is 20.3 Å². The third-order valence-corrected chi connectivity index (χ3v) is 8.95. The molecule has 4 amide bonds. The van der Waals surface area contributed by atoms with Gasteiger partial charge in [-0.05, 0) is 43.5 Å². The number of benzene rings is 1. The third-order valence-electron chi connectivity index (χ3n) is 7.83. The zero-order valence-corrected chi connectivity index (χ0v) is 23.2. The Labute approximate surface area is 239 Å². The number of hydrogen-bond acceptors (Lipinski definition) is 10. The standard InChI is InChI=1S/C28H25FN6O6S/c1-42(40,41)22-14-31-25(16-3-2-8-30-13-16)33-24(22)15-6-9-34(10-7-15)21-12-18-17(11-19(21)29)27(38)35(28(18)39)20-4-5-23(36)32-26(20)37/h2-3,8,11-15,20H,4-7,9-10H2,1H3,(H,32,36,37). The van der Waals surface area contributed by atoms with Gasteiger partial charge < -0.3 is 4.90 Å². The van der Waals surface area contributed by atoms with Crippen LogP contribution in [0.15, 0.2) is 47.8 Å². The molecular weight excluding hydrogens is 567 g/mol. The average Bonchev–Trinajstić information content (AvgIpc) is 3.20. The summed E-state index contributed by atoms with van der Waals surface area (Å²) >= 11 is 0. The van der Waals surface area contributed by atoms with Gasteiger partial charge in [-0.2, -0.15) is 0 Å². The molecule has 0 radical (unpaired) electrons. The SMILES string of the molecule is CS(=O)(=O)c1cnc(-c2cccnc2)nc1C1CCN(c2cc3c(cc2F)C(=O)N(C2CCC(=O)NC2=O)C3=O)CC1. The molecule has 5 heterocycles. The summed E-state index contributed by atoms with van der Waals surface area (Å²) in [4.78, 5) is 65.6. The maximum atomic E-state index is 15.4. The van der Waals surface area contributed by atoms with Crippen molar-refractivity contribution >= 4 is 39.2 Å². The monoisotopic (exact) mass is 592 g/mol. The molecule has 1 N–H and O–H groups in total. The molecule has 0 saturated carbocycles. The van der Waals surface area contributed by atoms with Crippen LogP contribution in [0.5, 0.6) is 0 Å². The van der Waals surface area contributed by atoms with Gasteiger partial charge in [-0.15, -0.1) is 0 Å². The third kappa shape index (κ3) is 4.81. The molecular formula is C28H25FN6O6S. The zero-order valence-electron chi connectivity index (χ0n) is 22.4. The van der Waals surface area contributed by atoms with Crippen molar-refractivity contribution in [3.05, 3.63) is 65.5 Å². The van der Waals surface area contributed by atoms with E-state index in [-0.39, 0.29) is 40.5 Å². The number of carbonyl (C=O) groups is 4. The molecule has 0 aliphatic carbocycles. The molecule has 0 spiro atoms. The van der Waals surface area contributed by atoms with Crippen LogP contribution in [-0.4, -0.2) is 77.3 Å². The smallest absolute Gasteiger partial charge is 0.262 e. The van der Waals surface area contributed by atoms with Gasteiger partial charge >= 0.3 is 0 Å². The van der Waals surface area contributed by atoms with E-state index in [4.69, 9.17) is 0 Å². The molecule has 1 unspecified atom stereocenters. The minimum atomic E-state index is -3.63. The van der Waals surface area contributed by atoms with Crippen molar-refractivity contribution in [1.82, 2.24) is 25.2 Å². The van der Waals surface area contributed by atoms with E-state index in [9.17, 15) is 27.6 Å². The van der Waals surface area contributed by atoms with Crippen molar-refractivity contribution in [3.8, 4) is 11.4 Å². The number of piperidine rings is 2. The normalized spacial score (nSPS) is 19.7. The maximum Gasteiger partial charge on any atom is 0.262 e. The first kappa shape index (κ1) is 27.6. The molecule has 42 heavy (non-hydrogen) atoms. The average molecular weight is 593 g/mol. The van der Waals surface area contributed by atoms with Crippen LogP contribution in [0.4, 0.5) is 10.1 Å². The van der Waals surface area contributed by atoms with Crippen molar-refractivity contribution in [2.24, 2.45) is 0 Å². The number of aromatic nitrogens is 3. The Bertz CT molecular complexity index is 1760. The minimum Gasteiger partial charge on any atom is -0.369 e. The summed E-state index contributed by atoms with van der Waals surface area (Å²) < 4.78 is 40.5. The molecule has 2 saturated heterocycles. The number of carbonyl (C=O) groups excluding carboxylic acids is 4. The number of fused-ring (bicyclic) bond motifs is 1. The highest BCUT2D eigenvalue weighted by Gasteiger charge is 2.45. The predicted molar refractivity (Wildman–Crippen MR) is 146 cm³/mol. The molecule has 0 bridgehead atoms. The van der Waals surface area contributed by atoms with Crippen molar-refractivity contribution in [2.45, 2.75) is 42.5 Å². The molecule has 216 valence electrons. The fourth-order valence-electron chi connectivity index (χ4n) is 5.71. The van der Waals surface area contributed by atoms with E-state index in [0.29, 0.717) is 43.0 Å². The lowest BCUT2D eigenvalue weighted by Crippen LogP contribution is -2.54. The second kappa shape index (κ2) is 10.4. The highest BCUT2D eigenvalue weighted by atomic mass is 32.2. The molecule has 3 aromatic rings. The van der Waals surface area contributed by atoms with Crippen LogP contribution in [-0.2, 0) is 19.4 Å².